The largest absolute Gasteiger partial charge is 0.319 e. The number of aryl methyl sites for hydroxylation is 2. The molecule has 0 saturated heterocycles. The monoisotopic (exact) mass is 236 g/mol. The Labute approximate surface area is 97.1 Å². The zero-order valence-corrected chi connectivity index (χ0v) is 9.91. The quantitative estimate of drug-likeness (QED) is 0.882. The summed E-state index contributed by atoms with van der Waals surface area (Å²) in [7, 11) is 1.80. The Hall–Kier alpha value is -1.69. The van der Waals surface area contributed by atoms with E-state index >= 15 is 0 Å². The Morgan fingerprint density at radius 1 is 1.56 bits per heavy atom. The summed E-state index contributed by atoms with van der Waals surface area (Å²) in [6, 6.07) is 0. The van der Waals surface area contributed by atoms with Gasteiger partial charge in [-0.25, -0.2) is 4.98 Å². The van der Waals surface area contributed by atoms with Gasteiger partial charge in [0, 0.05) is 13.2 Å². The van der Waals surface area contributed by atoms with Gasteiger partial charge in [-0.3, -0.25) is 9.48 Å². The van der Waals surface area contributed by atoms with Crippen LogP contribution >= 0.6 is 11.3 Å². The van der Waals surface area contributed by atoms with Crippen LogP contribution in [0.5, 0.6) is 0 Å². The van der Waals surface area contributed by atoms with E-state index in [2.05, 4.69) is 15.4 Å². The van der Waals surface area contributed by atoms with Crippen LogP contribution in [0.2, 0.25) is 0 Å². The fraction of sp³-hybridized carbons (Fsp3) is 0.300. The Morgan fingerprint density at radius 3 is 2.94 bits per heavy atom. The van der Waals surface area contributed by atoms with Crippen LogP contribution in [0.15, 0.2) is 18.6 Å². The SMILES string of the molecule is CCc1ncc(C(=O)Nc2cnn(C)c2)s1. The maximum Gasteiger partial charge on any atom is 0.267 e. The molecule has 0 aromatic carbocycles. The molecule has 2 rings (SSSR count). The van der Waals surface area contributed by atoms with Crippen molar-refractivity contribution < 1.29 is 4.79 Å². The number of carbonyl (C=O) groups is 1. The number of anilines is 1. The molecular weight excluding hydrogens is 224 g/mol. The first-order valence-corrected chi connectivity index (χ1v) is 5.75. The van der Waals surface area contributed by atoms with Gasteiger partial charge in [-0.05, 0) is 6.42 Å². The van der Waals surface area contributed by atoms with E-state index in [0.29, 0.717) is 10.6 Å². The molecule has 0 aliphatic rings. The molecular formula is C10H12N4OS. The lowest BCUT2D eigenvalue weighted by Crippen LogP contribution is -2.09. The van der Waals surface area contributed by atoms with Crippen LogP contribution in [0.1, 0.15) is 21.6 Å². The van der Waals surface area contributed by atoms with Gasteiger partial charge in [0.1, 0.15) is 4.88 Å². The number of nitrogens with one attached hydrogen (secondary N) is 1. The molecule has 16 heavy (non-hydrogen) atoms. The van der Waals surface area contributed by atoms with Crippen LogP contribution < -0.4 is 5.32 Å². The van der Waals surface area contributed by atoms with Crippen molar-refractivity contribution in [3.63, 3.8) is 0 Å². The number of rotatable bonds is 3. The summed E-state index contributed by atoms with van der Waals surface area (Å²) in [5.41, 5.74) is 0.693. The highest BCUT2D eigenvalue weighted by Crippen LogP contribution is 2.15. The average molecular weight is 236 g/mol. The third-order valence-corrected chi connectivity index (χ3v) is 3.18. The number of carbonyl (C=O) groups excluding carboxylic acids is 1. The van der Waals surface area contributed by atoms with E-state index in [-0.39, 0.29) is 5.91 Å². The van der Waals surface area contributed by atoms with Crippen LogP contribution in [-0.2, 0) is 13.5 Å². The highest BCUT2D eigenvalue weighted by molar-refractivity contribution is 7.13. The molecule has 0 spiro atoms. The second kappa shape index (κ2) is 4.44. The van der Waals surface area contributed by atoms with Gasteiger partial charge >= 0.3 is 0 Å². The summed E-state index contributed by atoms with van der Waals surface area (Å²) in [6.07, 6.45) is 5.82. The molecule has 0 saturated carbocycles. The summed E-state index contributed by atoms with van der Waals surface area (Å²) in [5, 5.41) is 7.71. The Balaban J connectivity index is 2.08. The molecule has 0 aliphatic heterocycles. The summed E-state index contributed by atoms with van der Waals surface area (Å²) in [4.78, 5) is 16.5. The van der Waals surface area contributed by atoms with Crippen LogP contribution in [0, 0.1) is 0 Å². The number of hydrogen-bond acceptors (Lipinski definition) is 4. The summed E-state index contributed by atoms with van der Waals surface area (Å²) in [6.45, 7) is 2.02. The second-order valence-electron chi connectivity index (χ2n) is 3.33. The van der Waals surface area contributed by atoms with Gasteiger partial charge in [-0.1, -0.05) is 6.92 Å². The van der Waals surface area contributed by atoms with Crippen molar-refractivity contribution in [3.8, 4) is 0 Å². The van der Waals surface area contributed by atoms with Crippen molar-refractivity contribution in [2.75, 3.05) is 5.32 Å². The highest BCUT2D eigenvalue weighted by atomic mass is 32.1. The Kier molecular flexibility index (Phi) is 3.00. The predicted octanol–water partition coefficient (Wildman–Crippen LogP) is 1.69. The van der Waals surface area contributed by atoms with Gasteiger partial charge in [-0.15, -0.1) is 11.3 Å². The molecule has 0 atom stereocenters. The minimum atomic E-state index is -0.134. The van der Waals surface area contributed by atoms with E-state index in [9.17, 15) is 4.79 Å². The summed E-state index contributed by atoms with van der Waals surface area (Å²) >= 11 is 1.42. The molecule has 2 aromatic rings. The van der Waals surface area contributed by atoms with Crippen molar-refractivity contribution in [1.82, 2.24) is 14.8 Å². The molecule has 0 radical (unpaired) electrons. The summed E-state index contributed by atoms with van der Waals surface area (Å²) < 4.78 is 1.64. The van der Waals surface area contributed by atoms with Gasteiger partial charge < -0.3 is 5.32 Å². The standard InChI is InChI=1S/C10H12N4OS/c1-3-9-11-5-8(16-9)10(15)13-7-4-12-14(2)6-7/h4-6H,3H2,1-2H3,(H,13,15). The molecule has 5 nitrogen and oxygen atoms in total. The van der Waals surface area contributed by atoms with Crippen molar-refractivity contribution >= 4 is 22.9 Å². The topological polar surface area (TPSA) is 59.8 Å². The molecule has 0 fully saturated rings. The number of nitrogens with zero attached hydrogens (tertiary/aromatic N) is 3. The molecule has 84 valence electrons. The molecule has 0 aliphatic carbocycles. The van der Waals surface area contributed by atoms with E-state index in [1.165, 1.54) is 11.3 Å². The van der Waals surface area contributed by atoms with Crippen LogP contribution in [-0.4, -0.2) is 20.7 Å². The molecule has 0 unspecified atom stereocenters. The Morgan fingerprint density at radius 2 is 2.38 bits per heavy atom. The van der Waals surface area contributed by atoms with E-state index in [0.717, 1.165) is 11.4 Å². The molecule has 1 N–H and O–H groups in total. The average Bonchev–Trinajstić information content (AvgIpc) is 2.87. The number of aromatic nitrogens is 3. The molecule has 1 amide bonds. The number of thiazole rings is 1. The zero-order chi connectivity index (χ0) is 11.5. The number of hydrogen-bond donors (Lipinski definition) is 1. The minimum absolute atomic E-state index is 0.134. The fourth-order valence-electron chi connectivity index (χ4n) is 1.26. The maximum absolute atomic E-state index is 11.8. The molecule has 0 bridgehead atoms. The van der Waals surface area contributed by atoms with Crippen molar-refractivity contribution in [2.24, 2.45) is 7.05 Å². The van der Waals surface area contributed by atoms with Crippen molar-refractivity contribution in [3.05, 3.63) is 28.5 Å². The lowest BCUT2D eigenvalue weighted by Gasteiger charge is -1.97. The van der Waals surface area contributed by atoms with Crippen LogP contribution in [0.4, 0.5) is 5.69 Å². The highest BCUT2D eigenvalue weighted by Gasteiger charge is 2.10. The van der Waals surface area contributed by atoms with Gasteiger partial charge in [0.25, 0.3) is 5.91 Å². The first kappa shape index (κ1) is 10.8. The Bertz CT molecular complexity index is 502. The second-order valence-corrected chi connectivity index (χ2v) is 4.44. The maximum atomic E-state index is 11.8. The molecule has 6 heteroatoms. The third-order valence-electron chi connectivity index (χ3n) is 2.04. The smallest absolute Gasteiger partial charge is 0.267 e. The summed E-state index contributed by atoms with van der Waals surface area (Å²) in [5.74, 6) is -0.134. The lowest BCUT2D eigenvalue weighted by molar-refractivity contribution is 0.103. The van der Waals surface area contributed by atoms with Gasteiger partial charge in [-0.2, -0.15) is 5.10 Å². The van der Waals surface area contributed by atoms with E-state index in [1.54, 1.807) is 30.3 Å². The van der Waals surface area contributed by atoms with E-state index in [4.69, 9.17) is 0 Å². The predicted molar refractivity (Wildman–Crippen MR) is 62.7 cm³/mol. The normalized spacial score (nSPS) is 10.4. The van der Waals surface area contributed by atoms with Gasteiger partial charge in [0.15, 0.2) is 0 Å². The van der Waals surface area contributed by atoms with Crippen molar-refractivity contribution in [2.45, 2.75) is 13.3 Å². The van der Waals surface area contributed by atoms with Crippen LogP contribution in [0.3, 0.4) is 0 Å². The number of amides is 1. The third kappa shape index (κ3) is 2.27. The van der Waals surface area contributed by atoms with Crippen molar-refractivity contribution in [1.29, 1.82) is 0 Å². The zero-order valence-electron chi connectivity index (χ0n) is 9.10. The van der Waals surface area contributed by atoms with E-state index < -0.39 is 0 Å². The fourth-order valence-corrected chi connectivity index (χ4v) is 2.01. The lowest BCUT2D eigenvalue weighted by atomic mass is 10.4. The first-order valence-electron chi connectivity index (χ1n) is 4.93. The van der Waals surface area contributed by atoms with Gasteiger partial charge in [0.2, 0.25) is 0 Å². The van der Waals surface area contributed by atoms with Gasteiger partial charge in [0.05, 0.1) is 23.1 Å². The molecule has 2 heterocycles. The van der Waals surface area contributed by atoms with Crippen LogP contribution in [0.25, 0.3) is 0 Å². The minimum Gasteiger partial charge on any atom is -0.319 e. The van der Waals surface area contributed by atoms with E-state index in [1.807, 2.05) is 6.92 Å². The molecule has 2 aromatic heterocycles. The first-order chi connectivity index (χ1) is 7.69.